The Morgan fingerprint density at radius 1 is 1.33 bits per heavy atom. The van der Waals surface area contributed by atoms with Crippen LogP contribution in [-0.2, 0) is 13.2 Å². The summed E-state index contributed by atoms with van der Waals surface area (Å²) in [6, 6.07) is 3.82. The van der Waals surface area contributed by atoms with Crippen molar-refractivity contribution < 1.29 is 9.26 Å². The van der Waals surface area contributed by atoms with Crippen LogP contribution in [0.5, 0.6) is 5.75 Å². The van der Waals surface area contributed by atoms with E-state index in [1.807, 2.05) is 12.1 Å². The molecule has 0 aromatic carbocycles. The second kappa shape index (κ2) is 6.70. The molecule has 2 aromatic rings. The molecule has 0 bridgehead atoms. The van der Waals surface area contributed by atoms with E-state index in [1.54, 1.807) is 6.20 Å². The van der Waals surface area contributed by atoms with Crippen molar-refractivity contribution in [2.45, 2.75) is 26.5 Å². The Morgan fingerprint density at radius 2 is 2.28 bits per heavy atom. The molecule has 0 saturated heterocycles. The maximum absolute atomic E-state index is 5.46. The van der Waals surface area contributed by atoms with Gasteiger partial charge in [0.1, 0.15) is 5.75 Å². The summed E-state index contributed by atoms with van der Waals surface area (Å²) in [5.74, 6) is 1.21. The molecule has 0 atom stereocenters. The summed E-state index contributed by atoms with van der Waals surface area (Å²) in [4.78, 5) is 8.16. The number of nitrogens with zero attached hydrogens (tertiary/aromatic N) is 3. The molecule has 0 amide bonds. The molecule has 2 aromatic heterocycles. The van der Waals surface area contributed by atoms with Crippen LogP contribution in [0.25, 0.3) is 0 Å². The predicted molar refractivity (Wildman–Crippen MR) is 64.9 cm³/mol. The first kappa shape index (κ1) is 12.5. The van der Waals surface area contributed by atoms with Crippen molar-refractivity contribution in [1.29, 1.82) is 0 Å². The molecule has 2 heterocycles. The lowest BCUT2D eigenvalue weighted by Gasteiger charge is -2.05. The number of aromatic nitrogens is 3. The molecule has 0 aliphatic rings. The number of pyridine rings is 1. The van der Waals surface area contributed by atoms with Gasteiger partial charge >= 0.3 is 0 Å². The van der Waals surface area contributed by atoms with Gasteiger partial charge in [0.2, 0.25) is 12.2 Å². The molecule has 0 aliphatic heterocycles. The molecule has 1 N–H and O–H groups in total. The average Bonchev–Trinajstić information content (AvgIpc) is 2.91. The van der Waals surface area contributed by atoms with Gasteiger partial charge < -0.3 is 14.6 Å². The average molecular weight is 248 g/mol. The van der Waals surface area contributed by atoms with Crippen molar-refractivity contribution in [3.8, 4) is 5.75 Å². The van der Waals surface area contributed by atoms with E-state index in [4.69, 9.17) is 4.74 Å². The first-order chi connectivity index (χ1) is 8.88. The van der Waals surface area contributed by atoms with Crippen LogP contribution in [0, 0.1) is 0 Å². The molecule has 0 unspecified atom stereocenters. The largest absolute Gasteiger partial charge is 0.484 e. The van der Waals surface area contributed by atoms with Crippen molar-refractivity contribution in [2.75, 3.05) is 6.54 Å². The molecule has 0 spiro atoms. The fraction of sp³-hybridized carbons (Fsp3) is 0.417. The van der Waals surface area contributed by atoms with Crippen LogP contribution in [0.1, 0.15) is 24.9 Å². The normalized spacial score (nSPS) is 10.5. The van der Waals surface area contributed by atoms with E-state index in [9.17, 15) is 0 Å². The third-order valence-corrected chi connectivity index (χ3v) is 2.31. The van der Waals surface area contributed by atoms with Crippen LogP contribution in [0.4, 0.5) is 0 Å². The number of rotatable bonds is 7. The molecular formula is C12H16N4O2. The van der Waals surface area contributed by atoms with Crippen molar-refractivity contribution in [3.63, 3.8) is 0 Å². The number of hydrogen-bond acceptors (Lipinski definition) is 6. The van der Waals surface area contributed by atoms with Crippen LogP contribution in [0.2, 0.25) is 0 Å². The molecule has 0 fully saturated rings. The summed E-state index contributed by atoms with van der Waals surface area (Å²) in [5.41, 5.74) is 0.996. The third-order valence-electron chi connectivity index (χ3n) is 2.31. The van der Waals surface area contributed by atoms with Gasteiger partial charge in [0, 0.05) is 6.54 Å². The smallest absolute Gasteiger partial charge is 0.213 e. The Bertz CT molecular complexity index is 442. The zero-order valence-electron chi connectivity index (χ0n) is 10.3. The van der Waals surface area contributed by atoms with Crippen LogP contribution < -0.4 is 10.1 Å². The highest BCUT2D eigenvalue weighted by Gasteiger charge is 2.01. The highest BCUT2D eigenvalue weighted by atomic mass is 16.5. The van der Waals surface area contributed by atoms with E-state index in [0.717, 1.165) is 25.2 Å². The minimum atomic E-state index is 0.283. The Hall–Kier alpha value is -1.95. The molecule has 6 heteroatoms. The molecule has 96 valence electrons. The molecule has 0 aliphatic carbocycles. The monoisotopic (exact) mass is 248 g/mol. The van der Waals surface area contributed by atoms with Crippen molar-refractivity contribution in [3.05, 3.63) is 36.2 Å². The number of hydrogen-bond donors (Lipinski definition) is 1. The summed E-state index contributed by atoms with van der Waals surface area (Å²) >= 11 is 0. The summed E-state index contributed by atoms with van der Waals surface area (Å²) in [5, 5.41) is 6.95. The van der Waals surface area contributed by atoms with Crippen molar-refractivity contribution in [2.24, 2.45) is 0 Å². The molecule has 18 heavy (non-hydrogen) atoms. The van der Waals surface area contributed by atoms with E-state index >= 15 is 0 Å². The summed E-state index contributed by atoms with van der Waals surface area (Å²) in [7, 11) is 0. The summed E-state index contributed by atoms with van der Waals surface area (Å²) < 4.78 is 10.1. The van der Waals surface area contributed by atoms with E-state index in [2.05, 4.69) is 31.9 Å². The fourth-order valence-corrected chi connectivity index (χ4v) is 1.40. The van der Waals surface area contributed by atoms with Crippen LogP contribution >= 0.6 is 0 Å². The topological polar surface area (TPSA) is 73.1 Å². The fourth-order valence-electron chi connectivity index (χ4n) is 1.40. The SMILES string of the molecule is CCCNCc1ccc(OCc2ncon2)cn1. The Labute approximate surface area is 105 Å². The highest BCUT2D eigenvalue weighted by Crippen LogP contribution is 2.10. The van der Waals surface area contributed by atoms with E-state index < -0.39 is 0 Å². The second-order valence-corrected chi connectivity index (χ2v) is 3.80. The van der Waals surface area contributed by atoms with Crippen LogP contribution in [0.15, 0.2) is 29.2 Å². The van der Waals surface area contributed by atoms with E-state index in [1.165, 1.54) is 6.39 Å². The quantitative estimate of drug-likeness (QED) is 0.749. The van der Waals surface area contributed by atoms with E-state index in [-0.39, 0.29) is 6.61 Å². The lowest BCUT2D eigenvalue weighted by molar-refractivity contribution is 0.285. The van der Waals surface area contributed by atoms with Gasteiger partial charge in [-0.2, -0.15) is 4.98 Å². The Balaban J connectivity index is 1.80. The summed E-state index contributed by atoms with van der Waals surface area (Å²) in [6.45, 7) is 4.19. The zero-order chi connectivity index (χ0) is 12.6. The molecule has 0 radical (unpaired) electrons. The van der Waals surface area contributed by atoms with Crippen LogP contribution in [-0.4, -0.2) is 21.7 Å². The van der Waals surface area contributed by atoms with Gasteiger partial charge in [-0.3, -0.25) is 4.98 Å². The minimum absolute atomic E-state index is 0.283. The van der Waals surface area contributed by atoms with Gasteiger partial charge in [0.25, 0.3) is 0 Å². The first-order valence-corrected chi connectivity index (χ1v) is 5.92. The van der Waals surface area contributed by atoms with Gasteiger partial charge in [0.05, 0.1) is 11.9 Å². The summed E-state index contributed by atoms with van der Waals surface area (Å²) in [6.07, 6.45) is 4.09. The van der Waals surface area contributed by atoms with Crippen molar-refractivity contribution in [1.82, 2.24) is 20.4 Å². The highest BCUT2D eigenvalue weighted by molar-refractivity contribution is 5.19. The Morgan fingerprint density at radius 3 is 2.94 bits per heavy atom. The predicted octanol–water partition coefficient (Wildman–Crippen LogP) is 1.54. The number of ether oxygens (including phenoxy) is 1. The maximum atomic E-state index is 5.46. The molecule has 6 nitrogen and oxygen atoms in total. The first-order valence-electron chi connectivity index (χ1n) is 5.92. The minimum Gasteiger partial charge on any atom is -0.484 e. The van der Waals surface area contributed by atoms with E-state index in [0.29, 0.717) is 11.6 Å². The second-order valence-electron chi connectivity index (χ2n) is 3.80. The molecule has 0 saturated carbocycles. The number of nitrogens with one attached hydrogen (secondary N) is 1. The maximum Gasteiger partial charge on any atom is 0.213 e. The van der Waals surface area contributed by atoms with Crippen molar-refractivity contribution >= 4 is 0 Å². The van der Waals surface area contributed by atoms with Gasteiger partial charge in [-0.25, -0.2) is 0 Å². The standard InChI is InChI=1S/C12H16N4O2/c1-2-5-13-6-10-3-4-11(7-14-10)17-8-12-15-9-18-16-12/h3-4,7,9,13H,2,5-6,8H2,1H3. The molecular weight excluding hydrogens is 232 g/mol. The lowest BCUT2D eigenvalue weighted by atomic mass is 10.3. The van der Waals surface area contributed by atoms with Gasteiger partial charge in [0.15, 0.2) is 6.61 Å². The zero-order valence-corrected chi connectivity index (χ0v) is 10.3. The van der Waals surface area contributed by atoms with Gasteiger partial charge in [-0.05, 0) is 25.1 Å². The van der Waals surface area contributed by atoms with Crippen LogP contribution in [0.3, 0.4) is 0 Å². The lowest BCUT2D eigenvalue weighted by Crippen LogP contribution is -2.14. The third kappa shape index (κ3) is 3.81. The molecule has 2 rings (SSSR count). The van der Waals surface area contributed by atoms with Gasteiger partial charge in [-0.1, -0.05) is 12.1 Å². The van der Waals surface area contributed by atoms with Gasteiger partial charge in [-0.15, -0.1) is 0 Å². The Kier molecular flexibility index (Phi) is 4.66.